The van der Waals surface area contributed by atoms with Gasteiger partial charge in [-0.3, -0.25) is 9.89 Å². The molecule has 1 aromatic carbocycles. The SMILES string of the molecule is O=C(O)N1C=C(OCc2ccccc2)C=NC1. The standard InChI is InChI=1S/C12H12N2O3/c15-12(16)14-7-11(6-13-9-14)17-8-10-4-2-1-3-5-10/h1-7H,8-9H2,(H,15,16). The monoisotopic (exact) mass is 232 g/mol. The summed E-state index contributed by atoms with van der Waals surface area (Å²) in [6.45, 7) is 0.514. The molecule has 0 unspecified atom stereocenters. The maximum absolute atomic E-state index is 10.7. The van der Waals surface area contributed by atoms with Gasteiger partial charge >= 0.3 is 6.09 Å². The van der Waals surface area contributed by atoms with Gasteiger partial charge in [-0.2, -0.15) is 0 Å². The van der Waals surface area contributed by atoms with Gasteiger partial charge in [0.25, 0.3) is 0 Å². The summed E-state index contributed by atoms with van der Waals surface area (Å²) < 4.78 is 5.46. The van der Waals surface area contributed by atoms with E-state index in [-0.39, 0.29) is 6.67 Å². The molecule has 5 heteroatoms. The first kappa shape index (κ1) is 11.2. The molecule has 1 heterocycles. The molecule has 0 atom stereocenters. The van der Waals surface area contributed by atoms with E-state index in [1.165, 1.54) is 12.4 Å². The number of hydrogen-bond donors (Lipinski definition) is 1. The molecule has 0 aromatic heterocycles. The van der Waals surface area contributed by atoms with Crippen LogP contribution in [0.15, 0.2) is 47.3 Å². The summed E-state index contributed by atoms with van der Waals surface area (Å²) >= 11 is 0. The van der Waals surface area contributed by atoms with Gasteiger partial charge in [0.15, 0.2) is 5.76 Å². The molecule has 0 saturated carbocycles. The van der Waals surface area contributed by atoms with Gasteiger partial charge in [0.1, 0.15) is 13.3 Å². The van der Waals surface area contributed by atoms with Crippen molar-refractivity contribution in [3.05, 3.63) is 47.9 Å². The third-order valence-corrected chi connectivity index (χ3v) is 2.23. The largest absolute Gasteiger partial charge is 0.486 e. The summed E-state index contributed by atoms with van der Waals surface area (Å²) in [5, 5.41) is 8.79. The van der Waals surface area contributed by atoms with Crippen LogP contribution in [-0.4, -0.2) is 29.0 Å². The molecule has 0 spiro atoms. The molecular weight excluding hydrogens is 220 g/mol. The van der Waals surface area contributed by atoms with E-state index in [2.05, 4.69) is 4.99 Å². The molecule has 5 nitrogen and oxygen atoms in total. The van der Waals surface area contributed by atoms with E-state index in [1.807, 2.05) is 30.3 Å². The Balaban J connectivity index is 1.95. The molecule has 1 aromatic rings. The normalized spacial score (nSPS) is 14.4. The van der Waals surface area contributed by atoms with Gasteiger partial charge in [-0.25, -0.2) is 4.79 Å². The lowest BCUT2D eigenvalue weighted by molar-refractivity contribution is 0.157. The molecule has 17 heavy (non-hydrogen) atoms. The first-order chi connectivity index (χ1) is 8.25. The molecule has 88 valence electrons. The Labute approximate surface area is 98.7 Å². The number of carboxylic acid groups (broad SMARTS) is 1. The summed E-state index contributed by atoms with van der Waals surface area (Å²) in [5.74, 6) is 0.447. The second kappa shape index (κ2) is 5.16. The Kier molecular flexibility index (Phi) is 3.40. The van der Waals surface area contributed by atoms with Crippen LogP contribution in [0.3, 0.4) is 0 Å². The van der Waals surface area contributed by atoms with Crippen LogP contribution in [0, 0.1) is 0 Å². The number of aliphatic imine (C=N–C) groups is 1. The Morgan fingerprint density at radius 2 is 2.18 bits per heavy atom. The van der Waals surface area contributed by atoms with Crippen LogP contribution in [0.2, 0.25) is 0 Å². The molecule has 1 N–H and O–H groups in total. The zero-order valence-corrected chi connectivity index (χ0v) is 9.11. The minimum absolute atomic E-state index is 0.119. The van der Waals surface area contributed by atoms with Crippen molar-refractivity contribution in [2.75, 3.05) is 6.67 Å². The molecule has 2 rings (SSSR count). The van der Waals surface area contributed by atoms with Crippen molar-refractivity contribution in [2.24, 2.45) is 4.99 Å². The molecule has 1 aliphatic rings. The number of benzene rings is 1. The summed E-state index contributed by atoms with van der Waals surface area (Å²) in [4.78, 5) is 15.7. The van der Waals surface area contributed by atoms with Crippen molar-refractivity contribution >= 4 is 12.3 Å². The van der Waals surface area contributed by atoms with E-state index in [9.17, 15) is 4.79 Å². The Hall–Kier alpha value is -2.30. The maximum atomic E-state index is 10.7. The van der Waals surface area contributed by atoms with Crippen molar-refractivity contribution in [1.29, 1.82) is 0 Å². The summed E-state index contributed by atoms with van der Waals surface area (Å²) in [6, 6.07) is 9.65. The topological polar surface area (TPSA) is 62.1 Å². The van der Waals surface area contributed by atoms with Crippen molar-refractivity contribution < 1.29 is 14.6 Å². The van der Waals surface area contributed by atoms with Crippen LogP contribution in [0.4, 0.5) is 4.79 Å². The van der Waals surface area contributed by atoms with Crippen LogP contribution in [-0.2, 0) is 11.3 Å². The van der Waals surface area contributed by atoms with Crippen LogP contribution in [0.5, 0.6) is 0 Å². The van der Waals surface area contributed by atoms with Gasteiger partial charge in [0.2, 0.25) is 0 Å². The first-order valence-electron chi connectivity index (χ1n) is 5.13. The number of amides is 1. The molecule has 0 bridgehead atoms. The molecule has 0 aliphatic carbocycles. The van der Waals surface area contributed by atoms with Crippen molar-refractivity contribution in [3.8, 4) is 0 Å². The van der Waals surface area contributed by atoms with Crippen LogP contribution in [0.25, 0.3) is 0 Å². The number of hydrogen-bond acceptors (Lipinski definition) is 3. The predicted molar refractivity (Wildman–Crippen MR) is 62.5 cm³/mol. The van der Waals surface area contributed by atoms with Gasteiger partial charge in [-0.15, -0.1) is 0 Å². The third kappa shape index (κ3) is 3.07. The lowest BCUT2D eigenvalue weighted by Gasteiger charge is -2.17. The molecule has 0 radical (unpaired) electrons. The number of carbonyl (C=O) groups is 1. The van der Waals surface area contributed by atoms with Crippen LogP contribution in [0.1, 0.15) is 5.56 Å². The van der Waals surface area contributed by atoms with Crippen molar-refractivity contribution in [1.82, 2.24) is 4.90 Å². The minimum atomic E-state index is -1.04. The molecular formula is C12H12N2O3. The highest BCUT2D eigenvalue weighted by molar-refractivity contribution is 5.79. The average Bonchev–Trinajstić information content (AvgIpc) is 2.38. The fourth-order valence-corrected chi connectivity index (χ4v) is 1.38. The second-order valence-corrected chi connectivity index (χ2v) is 3.51. The van der Waals surface area contributed by atoms with E-state index in [1.54, 1.807) is 0 Å². The fraction of sp³-hybridized carbons (Fsp3) is 0.167. The second-order valence-electron chi connectivity index (χ2n) is 3.51. The van der Waals surface area contributed by atoms with E-state index < -0.39 is 6.09 Å². The smallest absolute Gasteiger partial charge is 0.413 e. The van der Waals surface area contributed by atoms with Gasteiger partial charge in [0, 0.05) is 0 Å². The number of rotatable bonds is 3. The zero-order valence-electron chi connectivity index (χ0n) is 9.11. The minimum Gasteiger partial charge on any atom is -0.486 e. The Morgan fingerprint density at radius 3 is 2.88 bits per heavy atom. The van der Waals surface area contributed by atoms with Crippen molar-refractivity contribution in [2.45, 2.75) is 6.61 Å². The van der Waals surface area contributed by atoms with Gasteiger partial charge in [0.05, 0.1) is 12.4 Å². The molecule has 1 amide bonds. The number of ether oxygens (including phenoxy) is 1. The first-order valence-corrected chi connectivity index (χ1v) is 5.13. The summed E-state index contributed by atoms with van der Waals surface area (Å²) in [5.41, 5.74) is 1.02. The van der Waals surface area contributed by atoms with Crippen LogP contribution >= 0.6 is 0 Å². The van der Waals surface area contributed by atoms with Gasteiger partial charge in [-0.1, -0.05) is 30.3 Å². The fourth-order valence-electron chi connectivity index (χ4n) is 1.38. The summed E-state index contributed by atoms with van der Waals surface area (Å²) in [6.07, 6.45) is 1.92. The van der Waals surface area contributed by atoms with E-state index >= 15 is 0 Å². The molecule has 0 saturated heterocycles. The van der Waals surface area contributed by atoms with Crippen LogP contribution < -0.4 is 0 Å². The maximum Gasteiger partial charge on any atom is 0.413 e. The average molecular weight is 232 g/mol. The highest BCUT2D eigenvalue weighted by Gasteiger charge is 2.12. The molecule has 1 aliphatic heterocycles. The number of nitrogens with zero attached hydrogens (tertiary/aromatic N) is 2. The summed E-state index contributed by atoms with van der Waals surface area (Å²) in [7, 11) is 0. The van der Waals surface area contributed by atoms with Gasteiger partial charge < -0.3 is 9.84 Å². The quantitative estimate of drug-likeness (QED) is 0.867. The van der Waals surface area contributed by atoms with E-state index in [0.717, 1.165) is 10.5 Å². The lowest BCUT2D eigenvalue weighted by atomic mass is 10.2. The third-order valence-electron chi connectivity index (χ3n) is 2.23. The lowest BCUT2D eigenvalue weighted by Crippen LogP contribution is -2.27. The van der Waals surface area contributed by atoms with E-state index in [4.69, 9.17) is 9.84 Å². The Morgan fingerprint density at radius 1 is 1.41 bits per heavy atom. The van der Waals surface area contributed by atoms with E-state index in [0.29, 0.717) is 12.4 Å². The van der Waals surface area contributed by atoms with Crippen molar-refractivity contribution in [3.63, 3.8) is 0 Å². The zero-order chi connectivity index (χ0) is 12.1. The number of allylic oxidation sites excluding steroid dienone is 1. The molecule has 0 fully saturated rings. The highest BCUT2D eigenvalue weighted by Crippen LogP contribution is 2.09. The predicted octanol–water partition coefficient (Wildman–Crippen LogP) is 2.07. The van der Waals surface area contributed by atoms with Gasteiger partial charge in [-0.05, 0) is 5.56 Å². The highest BCUT2D eigenvalue weighted by atomic mass is 16.5. The Bertz CT molecular complexity index is 454.